The summed E-state index contributed by atoms with van der Waals surface area (Å²) in [6, 6.07) is 63.7. The molecular weight excluding hydrogens is 889 g/mol. The van der Waals surface area contributed by atoms with Crippen LogP contribution >= 0.6 is 0 Å². The molecule has 0 aliphatic carbocycles. The Morgan fingerprint density at radius 3 is 1.68 bits per heavy atom. The van der Waals surface area contributed by atoms with Crippen molar-refractivity contribution in [1.82, 2.24) is 14.1 Å². The second-order valence-electron chi connectivity index (χ2n) is 24.2. The highest BCUT2D eigenvalue weighted by Gasteiger charge is 2.32. The molecule has 368 valence electrons. The maximum Gasteiger partial charge on any atom is 0.269 e. The Hall–Kier alpha value is -7.50. The van der Waals surface area contributed by atoms with Crippen molar-refractivity contribution in [2.45, 2.75) is 117 Å². The van der Waals surface area contributed by atoms with Gasteiger partial charge in [0.25, 0.3) is 6.33 Å². The van der Waals surface area contributed by atoms with E-state index in [1.165, 1.54) is 38.9 Å². The lowest BCUT2D eigenvalue weighted by Crippen LogP contribution is -2.41. The third kappa shape index (κ3) is 9.54. The lowest BCUT2D eigenvalue weighted by molar-refractivity contribution is -0.611. The van der Waals surface area contributed by atoms with E-state index in [0.29, 0.717) is 0 Å². The van der Waals surface area contributed by atoms with Crippen LogP contribution in [0.25, 0.3) is 50.1 Å². The van der Waals surface area contributed by atoms with Gasteiger partial charge in [0, 0.05) is 40.1 Å². The summed E-state index contributed by atoms with van der Waals surface area (Å²) < 4.78 is 13.9. The molecule has 0 bridgehead atoms. The number of ether oxygens (including phenoxy) is 1. The molecule has 0 unspecified atom stereocenters. The van der Waals surface area contributed by atoms with Crippen molar-refractivity contribution in [2.75, 3.05) is 0 Å². The van der Waals surface area contributed by atoms with Crippen LogP contribution < -0.4 is 9.30 Å². The monoisotopic (exact) mass is 959 g/mol. The second-order valence-corrected chi connectivity index (χ2v) is 24.2. The average Bonchev–Trinajstić information content (AvgIpc) is 3.97. The summed E-state index contributed by atoms with van der Waals surface area (Å²) in [7, 11) is 0. The normalized spacial score (nSPS) is 12.7. The first-order valence-electron chi connectivity index (χ1n) is 25.8. The third-order valence-corrected chi connectivity index (χ3v) is 15.1. The fourth-order valence-electron chi connectivity index (χ4n) is 10.2. The van der Waals surface area contributed by atoms with Gasteiger partial charge in [0.1, 0.15) is 17.3 Å². The molecule has 3 heterocycles. The van der Waals surface area contributed by atoms with E-state index in [0.717, 1.165) is 61.8 Å². The van der Waals surface area contributed by atoms with Crippen LogP contribution in [0.3, 0.4) is 0 Å². The molecule has 73 heavy (non-hydrogen) atoms. The van der Waals surface area contributed by atoms with Gasteiger partial charge in [-0.15, -0.1) is 0 Å². The Labute approximate surface area is 433 Å². The van der Waals surface area contributed by atoms with Gasteiger partial charge in [-0.1, -0.05) is 193 Å². The Morgan fingerprint density at radius 2 is 1.04 bits per heavy atom. The summed E-state index contributed by atoms with van der Waals surface area (Å²) in [6.45, 7) is 29.8. The van der Waals surface area contributed by atoms with Gasteiger partial charge in [0.05, 0.1) is 28.1 Å². The van der Waals surface area contributed by atoms with Crippen LogP contribution in [0.4, 0.5) is 0 Å². The number of nitrogens with zero attached hydrogens (tertiary/aromatic N) is 4. The molecule has 0 aliphatic rings. The van der Waals surface area contributed by atoms with Crippen LogP contribution in [0.2, 0.25) is 0 Å². The molecule has 0 saturated carbocycles. The number of hydrogen-bond acceptors (Lipinski definition) is 2. The first-order chi connectivity index (χ1) is 34.6. The summed E-state index contributed by atoms with van der Waals surface area (Å²) >= 11 is 0. The molecule has 0 aliphatic heterocycles. The average molecular weight is 959 g/mol. The first-order valence-corrected chi connectivity index (χ1v) is 25.8. The maximum absolute atomic E-state index is 7.08. The van der Waals surface area contributed by atoms with Crippen molar-refractivity contribution in [3.05, 3.63) is 234 Å². The molecule has 0 radical (unpaired) electrons. The highest BCUT2D eigenvalue weighted by molar-refractivity contribution is 6.10. The van der Waals surface area contributed by atoms with Crippen molar-refractivity contribution in [2.24, 2.45) is 0 Å². The number of rotatable bonds is 10. The second kappa shape index (κ2) is 18.2. The van der Waals surface area contributed by atoms with Crippen LogP contribution in [0.5, 0.6) is 11.5 Å². The third-order valence-electron chi connectivity index (χ3n) is 15.1. The summed E-state index contributed by atoms with van der Waals surface area (Å²) in [6.07, 6.45) is 8.13. The molecule has 0 N–H and O–H groups in total. The van der Waals surface area contributed by atoms with Crippen LogP contribution in [-0.4, -0.2) is 14.1 Å². The van der Waals surface area contributed by atoms with E-state index in [-0.39, 0.29) is 21.7 Å². The van der Waals surface area contributed by atoms with Crippen molar-refractivity contribution in [1.29, 1.82) is 0 Å². The highest BCUT2D eigenvalue weighted by Crippen LogP contribution is 2.41. The summed E-state index contributed by atoms with van der Waals surface area (Å²) in [4.78, 5) is 5.00. The van der Waals surface area contributed by atoms with E-state index in [1.807, 2.05) is 6.20 Å². The first kappa shape index (κ1) is 49.1. The zero-order valence-corrected chi connectivity index (χ0v) is 45.1. The van der Waals surface area contributed by atoms with Crippen LogP contribution in [-0.2, 0) is 27.1 Å². The van der Waals surface area contributed by atoms with E-state index in [2.05, 4.69) is 292 Å². The minimum atomic E-state index is -0.395. The van der Waals surface area contributed by atoms with Crippen molar-refractivity contribution in [3.63, 3.8) is 0 Å². The zero-order chi connectivity index (χ0) is 51.7. The highest BCUT2D eigenvalue weighted by atomic mass is 16.5. The van der Waals surface area contributed by atoms with Gasteiger partial charge in [-0.05, 0) is 127 Å². The number of aromatic nitrogens is 4. The van der Waals surface area contributed by atoms with Gasteiger partial charge >= 0.3 is 0 Å². The number of fused-ring (bicyclic) bond motifs is 3. The molecule has 0 amide bonds. The molecule has 0 fully saturated rings. The molecular formula is C68H70N4O. The van der Waals surface area contributed by atoms with Crippen LogP contribution in [0.1, 0.15) is 129 Å². The van der Waals surface area contributed by atoms with Crippen molar-refractivity contribution >= 4 is 21.8 Å². The Balaban J connectivity index is 1.14. The van der Waals surface area contributed by atoms with E-state index in [4.69, 9.17) is 9.72 Å². The number of pyridine rings is 1. The Kier molecular flexibility index (Phi) is 12.2. The molecule has 10 aromatic rings. The maximum atomic E-state index is 7.08. The molecule has 10 rings (SSSR count). The predicted octanol–water partition coefficient (Wildman–Crippen LogP) is 17.0. The quantitative estimate of drug-likeness (QED) is 0.101. The molecule has 0 saturated heterocycles. The van der Waals surface area contributed by atoms with Gasteiger partial charge < -0.3 is 4.74 Å². The van der Waals surface area contributed by atoms with Gasteiger partial charge in [-0.2, -0.15) is 0 Å². The van der Waals surface area contributed by atoms with Gasteiger partial charge in [-0.25, -0.2) is 4.98 Å². The van der Waals surface area contributed by atoms with E-state index in [9.17, 15) is 0 Å². The minimum absolute atomic E-state index is 0.0475. The van der Waals surface area contributed by atoms with E-state index < -0.39 is 5.41 Å². The largest absolute Gasteiger partial charge is 0.458 e. The summed E-state index contributed by atoms with van der Waals surface area (Å²) in [5.74, 6) is 2.38. The summed E-state index contributed by atoms with van der Waals surface area (Å²) in [5.41, 5.74) is 14.1. The SMILES string of the molecule is CC(C)(C)c1cc(Oc2ccc3c4cc(-c5ccccc5)ccc4n(-c4cc(C(C)(C)C)ccn4)c3c2)cc(-n2[c-][n+](-c3cc(C(C)(C)C)cc(C(C)(C)c4ccccc4)c3)c(C(C)(C)c3ccccc3)c2)c1. The lowest BCUT2D eigenvalue weighted by atomic mass is 9.75. The molecule has 0 atom stereocenters. The minimum Gasteiger partial charge on any atom is -0.458 e. The fourth-order valence-corrected chi connectivity index (χ4v) is 10.2. The summed E-state index contributed by atoms with van der Waals surface area (Å²) in [5, 5.41) is 2.30. The van der Waals surface area contributed by atoms with Crippen LogP contribution in [0, 0.1) is 6.33 Å². The Bertz CT molecular complexity index is 3630. The number of imidazole rings is 1. The molecule has 0 spiro atoms. The van der Waals surface area contributed by atoms with Gasteiger partial charge in [-0.3, -0.25) is 13.7 Å². The van der Waals surface area contributed by atoms with E-state index >= 15 is 0 Å². The predicted molar refractivity (Wildman–Crippen MR) is 303 cm³/mol. The van der Waals surface area contributed by atoms with Crippen molar-refractivity contribution < 1.29 is 9.30 Å². The van der Waals surface area contributed by atoms with Gasteiger partial charge in [0.15, 0.2) is 0 Å². The van der Waals surface area contributed by atoms with Gasteiger partial charge in [0.2, 0.25) is 0 Å². The van der Waals surface area contributed by atoms with E-state index in [1.54, 1.807) is 0 Å². The lowest BCUT2D eigenvalue weighted by Gasteiger charge is -2.31. The van der Waals surface area contributed by atoms with Crippen LogP contribution in [0.15, 0.2) is 188 Å². The topological polar surface area (TPSA) is 35.9 Å². The molecule has 5 nitrogen and oxygen atoms in total. The Morgan fingerprint density at radius 1 is 0.438 bits per heavy atom. The standard InChI is InChI=1S/C68H70N4O/c1-64(2,3)50-33-34-69-63(41-50)72-60-32-29-47(46-23-17-14-18-24-46)35-59(60)58-31-30-56(43-61(58)72)73-57-40-52(66(7,8)9)37-54(42-57)70-44-62(68(12,13)49-27-21-16-22-28-49)71(45-70)55-38-51(65(4,5)6)36-53(39-55)67(10,11)48-25-19-15-20-26-48/h14-44H,1-13H3. The zero-order valence-electron chi connectivity index (χ0n) is 45.1. The molecule has 5 heteroatoms. The fraction of sp³-hybridized carbons (Fsp3) is 0.265. The number of hydrogen-bond donors (Lipinski definition) is 0. The molecule has 3 aromatic heterocycles. The smallest absolute Gasteiger partial charge is 0.269 e. The number of benzene rings is 7. The molecule has 7 aromatic carbocycles. The van der Waals surface area contributed by atoms with Crippen molar-refractivity contribution in [3.8, 4) is 39.8 Å².